The highest BCUT2D eigenvalue weighted by molar-refractivity contribution is 7.89. The number of fused-ring (bicyclic) bond motifs is 1. The first-order valence-electron chi connectivity index (χ1n) is 8.85. The number of amides is 1. The Morgan fingerprint density at radius 3 is 2.41 bits per heavy atom. The Morgan fingerprint density at radius 2 is 1.85 bits per heavy atom. The van der Waals surface area contributed by atoms with Crippen molar-refractivity contribution in [2.24, 2.45) is 5.92 Å². The number of anilines is 1. The molecule has 2 aliphatic heterocycles. The van der Waals surface area contributed by atoms with Crippen LogP contribution in [-0.4, -0.2) is 54.9 Å². The van der Waals surface area contributed by atoms with Gasteiger partial charge in [0.05, 0.1) is 23.0 Å². The quantitative estimate of drug-likeness (QED) is 0.834. The van der Waals surface area contributed by atoms with E-state index in [0.717, 1.165) is 0 Å². The molecule has 148 valence electrons. The minimum absolute atomic E-state index is 0.0737. The lowest BCUT2D eigenvalue weighted by Gasteiger charge is -2.39. The van der Waals surface area contributed by atoms with Crippen molar-refractivity contribution < 1.29 is 27.9 Å². The van der Waals surface area contributed by atoms with E-state index in [2.05, 4.69) is 0 Å². The molecular formula is C18H24N2O6S. The van der Waals surface area contributed by atoms with Gasteiger partial charge in [0, 0.05) is 20.0 Å². The lowest BCUT2D eigenvalue weighted by atomic mass is 9.99. The minimum Gasteiger partial charge on any atom is -0.484 e. The molecule has 1 amide bonds. The number of nitrogens with zero attached hydrogens (tertiary/aromatic N) is 2. The van der Waals surface area contributed by atoms with Gasteiger partial charge in [0.2, 0.25) is 15.9 Å². The van der Waals surface area contributed by atoms with Crippen LogP contribution in [0.25, 0.3) is 0 Å². The number of ether oxygens (including phenoxy) is 1. The maximum absolute atomic E-state index is 13.0. The molecule has 8 nitrogen and oxygen atoms in total. The minimum atomic E-state index is -3.78. The molecule has 0 spiro atoms. The maximum atomic E-state index is 13.0. The second kappa shape index (κ2) is 6.79. The molecule has 27 heavy (non-hydrogen) atoms. The van der Waals surface area contributed by atoms with Crippen LogP contribution in [0.3, 0.4) is 0 Å². The lowest BCUT2D eigenvalue weighted by molar-refractivity contribution is -0.142. The van der Waals surface area contributed by atoms with Crippen molar-refractivity contribution in [2.45, 2.75) is 44.1 Å². The standard InChI is InChI=1S/C18H24N2O6S/c1-12(21)20-11-18(2,3)26-16-5-4-14(10-15(16)20)27(24,25)19-8-6-13(7-9-19)17(22)23/h4-5,10,13H,6-9,11H2,1-3H3,(H,22,23). The Morgan fingerprint density at radius 1 is 1.22 bits per heavy atom. The zero-order chi connectivity index (χ0) is 20.0. The smallest absolute Gasteiger partial charge is 0.306 e. The number of carboxylic acid groups (broad SMARTS) is 1. The fourth-order valence-electron chi connectivity index (χ4n) is 3.52. The summed E-state index contributed by atoms with van der Waals surface area (Å²) in [5.74, 6) is -1.13. The van der Waals surface area contributed by atoms with Crippen molar-refractivity contribution in [2.75, 3.05) is 24.5 Å². The summed E-state index contributed by atoms with van der Waals surface area (Å²) < 4.78 is 33.2. The van der Waals surface area contributed by atoms with E-state index in [1.807, 2.05) is 13.8 Å². The van der Waals surface area contributed by atoms with Crippen LogP contribution in [0.1, 0.15) is 33.6 Å². The molecule has 2 aliphatic rings. The third-order valence-corrected chi connectivity index (χ3v) is 6.86. The molecular weight excluding hydrogens is 372 g/mol. The summed E-state index contributed by atoms with van der Waals surface area (Å²) in [5, 5.41) is 9.08. The van der Waals surface area contributed by atoms with Gasteiger partial charge in [0.1, 0.15) is 11.4 Å². The number of aliphatic carboxylic acids is 1. The third kappa shape index (κ3) is 3.79. The number of sulfonamides is 1. The number of carbonyl (C=O) groups excluding carboxylic acids is 1. The van der Waals surface area contributed by atoms with Gasteiger partial charge in [0.15, 0.2) is 0 Å². The Bertz CT molecular complexity index is 872. The molecule has 2 heterocycles. The van der Waals surface area contributed by atoms with Crippen molar-refractivity contribution >= 4 is 27.6 Å². The molecule has 1 saturated heterocycles. The second-order valence-electron chi connectivity index (χ2n) is 7.61. The summed E-state index contributed by atoms with van der Waals surface area (Å²) in [7, 11) is -3.78. The van der Waals surface area contributed by atoms with Gasteiger partial charge in [-0.3, -0.25) is 9.59 Å². The summed E-state index contributed by atoms with van der Waals surface area (Å²) in [4.78, 5) is 24.7. The summed E-state index contributed by atoms with van der Waals surface area (Å²) in [5.41, 5.74) is -0.138. The summed E-state index contributed by atoms with van der Waals surface area (Å²) in [6, 6.07) is 4.50. The summed E-state index contributed by atoms with van der Waals surface area (Å²) >= 11 is 0. The van der Waals surface area contributed by atoms with Gasteiger partial charge in [-0.2, -0.15) is 4.31 Å². The highest BCUT2D eigenvalue weighted by Crippen LogP contribution is 2.39. The molecule has 1 aromatic carbocycles. The number of hydrogen-bond donors (Lipinski definition) is 1. The number of carbonyl (C=O) groups is 2. The van der Waals surface area contributed by atoms with Gasteiger partial charge < -0.3 is 14.7 Å². The fourth-order valence-corrected chi connectivity index (χ4v) is 5.01. The van der Waals surface area contributed by atoms with Crippen LogP contribution in [0.5, 0.6) is 5.75 Å². The van der Waals surface area contributed by atoms with Crippen molar-refractivity contribution in [3.8, 4) is 5.75 Å². The number of rotatable bonds is 3. The molecule has 3 rings (SSSR count). The summed E-state index contributed by atoms with van der Waals surface area (Å²) in [6.45, 7) is 5.81. The van der Waals surface area contributed by atoms with Crippen molar-refractivity contribution in [1.82, 2.24) is 4.31 Å². The molecule has 0 saturated carbocycles. The van der Waals surface area contributed by atoms with Crippen LogP contribution in [0.15, 0.2) is 23.1 Å². The van der Waals surface area contributed by atoms with E-state index in [9.17, 15) is 18.0 Å². The summed E-state index contributed by atoms with van der Waals surface area (Å²) in [6.07, 6.45) is 0.576. The van der Waals surface area contributed by atoms with Crippen LogP contribution in [0.4, 0.5) is 5.69 Å². The zero-order valence-corrected chi connectivity index (χ0v) is 16.5. The van der Waals surface area contributed by atoms with Crippen molar-refractivity contribution in [3.63, 3.8) is 0 Å². The number of hydrogen-bond acceptors (Lipinski definition) is 5. The first-order valence-corrected chi connectivity index (χ1v) is 10.3. The monoisotopic (exact) mass is 396 g/mol. The van der Waals surface area contributed by atoms with Crippen LogP contribution in [-0.2, 0) is 19.6 Å². The van der Waals surface area contributed by atoms with Crippen LogP contribution in [0.2, 0.25) is 0 Å². The first-order chi connectivity index (χ1) is 12.5. The lowest BCUT2D eigenvalue weighted by Crippen LogP contribution is -2.48. The Balaban J connectivity index is 1.91. The van der Waals surface area contributed by atoms with Gasteiger partial charge in [-0.05, 0) is 44.9 Å². The third-order valence-electron chi connectivity index (χ3n) is 4.97. The van der Waals surface area contributed by atoms with Crippen LogP contribution >= 0.6 is 0 Å². The molecule has 0 radical (unpaired) electrons. The topological polar surface area (TPSA) is 104 Å². The number of carboxylic acids is 1. The Hall–Kier alpha value is -2.13. The van der Waals surface area contributed by atoms with E-state index in [1.165, 1.54) is 28.3 Å². The molecule has 1 N–H and O–H groups in total. The fraction of sp³-hybridized carbons (Fsp3) is 0.556. The molecule has 1 aromatic rings. The predicted molar refractivity (Wildman–Crippen MR) is 98.3 cm³/mol. The van der Waals surface area contributed by atoms with E-state index >= 15 is 0 Å². The molecule has 0 aromatic heterocycles. The van der Waals surface area contributed by atoms with Crippen molar-refractivity contribution in [3.05, 3.63) is 18.2 Å². The van der Waals surface area contributed by atoms with Crippen molar-refractivity contribution in [1.29, 1.82) is 0 Å². The second-order valence-corrected chi connectivity index (χ2v) is 9.55. The molecule has 0 unspecified atom stereocenters. The van der Waals surface area contributed by atoms with Gasteiger partial charge >= 0.3 is 5.97 Å². The SMILES string of the molecule is CC(=O)N1CC(C)(C)Oc2ccc(S(=O)(=O)N3CCC(C(=O)O)CC3)cc21. The van der Waals surface area contributed by atoms with E-state index in [1.54, 1.807) is 6.07 Å². The van der Waals surface area contributed by atoms with Crippen LogP contribution < -0.4 is 9.64 Å². The van der Waals surface area contributed by atoms with E-state index in [0.29, 0.717) is 18.0 Å². The van der Waals surface area contributed by atoms with Gasteiger partial charge in [-0.1, -0.05) is 0 Å². The normalized spacial score (nSPS) is 20.6. The van der Waals surface area contributed by atoms with E-state index in [-0.39, 0.29) is 36.7 Å². The highest BCUT2D eigenvalue weighted by atomic mass is 32.2. The number of piperidine rings is 1. The van der Waals surface area contributed by atoms with Gasteiger partial charge in [0.25, 0.3) is 0 Å². The average molecular weight is 396 g/mol. The van der Waals surface area contributed by atoms with E-state index in [4.69, 9.17) is 9.84 Å². The highest BCUT2D eigenvalue weighted by Gasteiger charge is 2.36. The number of benzene rings is 1. The average Bonchev–Trinajstić information content (AvgIpc) is 2.59. The van der Waals surface area contributed by atoms with Crippen LogP contribution in [0, 0.1) is 5.92 Å². The Labute approximate surface area is 158 Å². The van der Waals surface area contributed by atoms with Gasteiger partial charge in [-0.25, -0.2) is 8.42 Å². The first kappa shape index (κ1) is 19.6. The molecule has 0 aliphatic carbocycles. The maximum Gasteiger partial charge on any atom is 0.306 e. The molecule has 1 fully saturated rings. The Kier molecular flexibility index (Phi) is 4.94. The molecule has 9 heteroatoms. The predicted octanol–water partition coefficient (Wildman–Crippen LogP) is 1.70. The van der Waals surface area contributed by atoms with Gasteiger partial charge in [-0.15, -0.1) is 0 Å². The van der Waals surface area contributed by atoms with E-state index < -0.39 is 27.5 Å². The zero-order valence-electron chi connectivity index (χ0n) is 15.6. The largest absolute Gasteiger partial charge is 0.484 e. The molecule has 0 bridgehead atoms. The molecule has 0 atom stereocenters.